The molecule has 1 unspecified atom stereocenters. The quantitative estimate of drug-likeness (QED) is 0.821. The third kappa shape index (κ3) is 1.59. The van der Waals surface area contributed by atoms with Crippen LogP contribution >= 0.6 is 0 Å². The van der Waals surface area contributed by atoms with Gasteiger partial charge >= 0.3 is 5.92 Å². The topological polar surface area (TPSA) is 56.2 Å². The van der Waals surface area contributed by atoms with Crippen molar-refractivity contribution in [1.29, 1.82) is 0 Å². The predicted molar refractivity (Wildman–Crippen MR) is 41.7 cm³/mol. The number of furan rings is 1. The molecule has 0 spiro atoms. The summed E-state index contributed by atoms with van der Waals surface area (Å²) in [7, 11) is 0. The minimum Gasteiger partial charge on any atom is -0.459 e. The van der Waals surface area contributed by atoms with Crippen LogP contribution in [0.3, 0.4) is 0 Å². The van der Waals surface area contributed by atoms with E-state index in [1.165, 1.54) is 0 Å². The van der Waals surface area contributed by atoms with Crippen LogP contribution in [-0.4, -0.2) is 12.1 Å². The van der Waals surface area contributed by atoms with Gasteiger partial charge in [-0.05, 0) is 13.0 Å². The number of carbonyl (C=O) groups excluding carboxylic acids is 1. The molecule has 0 radical (unpaired) electrons. The molecular formula is C8H8F3NO2. The summed E-state index contributed by atoms with van der Waals surface area (Å²) < 4.78 is 43.2. The second-order valence-electron chi connectivity index (χ2n) is 2.77. The fraction of sp³-hybridized carbons (Fsp3) is 0.375. The van der Waals surface area contributed by atoms with Crippen LogP contribution in [0.1, 0.15) is 23.0 Å². The van der Waals surface area contributed by atoms with E-state index in [0.29, 0.717) is 6.92 Å². The maximum atomic E-state index is 13.1. The van der Waals surface area contributed by atoms with Gasteiger partial charge in [0.05, 0.1) is 11.8 Å². The van der Waals surface area contributed by atoms with E-state index in [1.807, 2.05) is 0 Å². The van der Waals surface area contributed by atoms with Gasteiger partial charge in [0.2, 0.25) is 0 Å². The lowest BCUT2D eigenvalue weighted by atomic mass is 10.1. The van der Waals surface area contributed by atoms with E-state index in [1.54, 1.807) is 0 Å². The van der Waals surface area contributed by atoms with Gasteiger partial charge in [-0.3, -0.25) is 4.79 Å². The Bertz CT molecular complexity index is 346. The molecule has 0 bridgehead atoms. The third-order valence-electron chi connectivity index (χ3n) is 1.75. The third-order valence-corrected chi connectivity index (χ3v) is 1.75. The molecule has 14 heavy (non-hydrogen) atoms. The summed E-state index contributed by atoms with van der Waals surface area (Å²) in [6.07, 6.45) is -1.55. The molecule has 1 heterocycles. The first kappa shape index (κ1) is 10.6. The summed E-state index contributed by atoms with van der Waals surface area (Å²) in [5.41, 5.74) is 3.95. The Hall–Kier alpha value is -1.46. The zero-order valence-electron chi connectivity index (χ0n) is 7.26. The molecule has 78 valence electrons. The van der Waals surface area contributed by atoms with Crippen molar-refractivity contribution in [2.75, 3.05) is 0 Å². The van der Waals surface area contributed by atoms with Gasteiger partial charge in [0, 0.05) is 0 Å². The van der Waals surface area contributed by atoms with E-state index in [4.69, 9.17) is 5.73 Å². The van der Waals surface area contributed by atoms with Crippen molar-refractivity contribution in [2.45, 2.75) is 19.0 Å². The second kappa shape index (κ2) is 3.36. The number of carbonyl (C=O) groups is 1. The number of alkyl halides is 3. The number of hydrogen-bond donors (Lipinski definition) is 1. The molecule has 0 aliphatic carbocycles. The molecule has 0 aromatic carbocycles. The first-order valence-corrected chi connectivity index (χ1v) is 3.77. The van der Waals surface area contributed by atoms with Gasteiger partial charge in [0.1, 0.15) is 0 Å². The number of halogens is 3. The minimum atomic E-state index is -3.77. The Morgan fingerprint density at radius 2 is 2.21 bits per heavy atom. The molecule has 1 aromatic rings. The summed E-state index contributed by atoms with van der Waals surface area (Å²) in [4.78, 5) is 10.6. The number of hydrogen-bond acceptors (Lipinski definition) is 2. The van der Waals surface area contributed by atoms with Gasteiger partial charge in [0.25, 0.3) is 5.91 Å². The van der Waals surface area contributed by atoms with E-state index in [0.717, 1.165) is 12.3 Å². The Balaban J connectivity index is 3.18. The van der Waals surface area contributed by atoms with Crippen molar-refractivity contribution in [3.8, 4) is 0 Å². The Morgan fingerprint density at radius 1 is 1.64 bits per heavy atom. The first-order valence-electron chi connectivity index (χ1n) is 3.77. The summed E-state index contributed by atoms with van der Waals surface area (Å²) in [6, 6.07) is 0.830. The highest BCUT2D eigenvalue weighted by atomic mass is 19.3. The number of nitrogens with two attached hydrogens (primary N) is 1. The molecule has 0 aliphatic rings. The van der Waals surface area contributed by atoms with E-state index < -0.39 is 29.3 Å². The van der Waals surface area contributed by atoms with Crippen LogP contribution in [0.4, 0.5) is 13.2 Å². The van der Waals surface area contributed by atoms with E-state index in [9.17, 15) is 18.0 Å². The van der Waals surface area contributed by atoms with Crippen LogP contribution in [0.15, 0.2) is 16.7 Å². The van der Waals surface area contributed by atoms with E-state index >= 15 is 0 Å². The van der Waals surface area contributed by atoms with Crippen molar-refractivity contribution >= 4 is 5.91 Å². The lowest BCUT2D eigenvalue weighted by Gasteiger charge is -2.16. The van der Waals surface area contributed by atoms with Gasteiger partial charge in [-0.1, -0.05) is 0 Å². The lowest BCUT2D eigenvalue weighted by molar-refractivity contribution is -0.0721. The highest BCUT2D eigenvalue weighted by Crippen LogP contribution is 2.35. The van der Waals surface area contributed by atoms with E-state index in [2.05, 4.69) is 4.42 Å². The summed E-state index contributed by atoms with van der Waals surface area (Å²) in [6.45, 7) is 0.692. The van der Waals surface area contributed by atoms with Crippen molar-refractivity contribution in [3.63, 3.8) is 0 Å². The fourth-order valence-corrected chi connectivity index (χ4v) is 0.977. The fourth-order valence-electron chi connectivity index (χ4n) is 0.977. The molecule has 1 rings (SSSR count). The number of amides is 1. The molecule has 0 fully saturated rings. The van der Waals surface area contributed by atoms with Crippen LogP contribution in [-0.2, 0) is 5.92 Å². The van der Waals surface area contributed by atoms with Crippen molar-refractivity contribution in [3.05, 3.63) is 23.7 Å². The standard InChI is InChI=1S/C8H8F3NO2/c1-4(9)8(10,11)5-2-3-14-6(5)7(12)13/h2-4H,1H3,(H2,12,13). The molecule has 0 saturated carbocycles. The van der Waals surface area contributed by atoms with Crippen LogP contribution < -0.4 is 5.73 Å². The zero-order valence-corrected chi connectivity index (χ0v) is 7.26. The highest BCUT2D eigenvalue weighted by molar-refractivity contribution is 5.91. The Morgan fingerprint density at radius 3 is 2.64 bits per heavy atom. The smallest absolute Gasteiger partial charge is 0.307 e. The lowest BCUT2D eigenvalue weighted by Crippen LogP contribution is -2.27. The Kier molecular flexibility index (Phi) is 2.55. The molecule has 1 atom stereocenters. The largest absolute Gasteiger partial charge is 0.459 e. The first-order chi connectivity index (χ1) is 6.37. The van der Waals surface area contributed by atoms with Crippen LogP contribution in [0.25, 0.3) is 0 Å². The van der Waals surface area contributed by atoms with Crippen molar-refractivity contribution in [2.24, 2.45) is 5.73 Å². The SMILES string of the molecule is CC(F)C(F)(F)c1ccoc1C(N)=O. The van der Waals surface area contributed by atoms with E-state index in [-0.39, 0.29) is 0 Å². The number of primary amides is 1. The molecule has 1 amide bonds. The van der Waals surface area contributed by atoms with Gasteiger partial charge in [-0.25, -0.2) is 4.39 Å². The zero-order chi connectivity index (χ0) is 10.9. The average molecular weight is 207 g/mol. The molecule has 3 nitrogen and oxygen atoms in total. The molecule has 0 saturated heterocycles. The minimum absolute atomic E-state index is 0.692. The molecular weight excluding hydrogens is 199 g/mol. The maximum Gasteiger partial charge on any atom is 0.307 e. The summed E-state index contributed by atoms with van der Waals surface area (Å²) >= 11 is 0. The Labute approximate surface area is 77.7 Å². The van der Waals surface area contributed by atoms with Crippen molar-refractivity contribution in [1.82, 2.24) is 0 Å². The predicted octanol–water partition coefficient (Wildman–Crippen LogP) is 1.83. The summed E-state index contributed by atoms with van der Waals surface area (Å²) in [5, 5.41) is 0. The van der Waals surface area contributed by atoms with Crippen molar-refractivity contribution < 1.29 is 22.4 Å². The highest BCUT2D eigenvalue weighted by Gasteiger charge is 2.43. The van der Waals surface area contributed by atoms with Crippen LogP contribution in [0.5, 0.6) is 0 Å². The van der Waals surface area contributed by atoms with Gasteiger partial charge in [-0.2, -0.15) is 8.78 Å². The molecule has 1 aromatic heterocycles. The second-order valence-corrected chi connectivity index (χ2v) is 2.77. The van der Waals surface area contributed by atoms with Crippen LogP contribution in [0.2, 0.25) is 0 Å². The van der Waals surface area contributed by atoms with Gasteiger partial charge in [0.15, 0.2) is 11.9 Å². The maximum absolute atomic E-state index is 13.1. The van der Waals surface area contributed by atoms with Gasteiger partial charge in [-0.15, -0.1) is 0 Å². The number of rotatable bonds is 3. The monoisotopic (exact) mass is 207 g/mol. The molecule has 2 N–H and O–H groups in total. The normalized spacial score (nSPS) is 14.0. The summed E-state index contributed by atoms with van der Waals surface area (Å²) in [5.74, 6) is -5.62. The van der Waals surface area contributed by atoms with Gasteiger partial charge < -0.3 is 10.2 Å². The molecule has 0 aliphatic heterocycles. The van der Waals surface area contributed by atoms with Crippen LogP contribution in [0, 0.1) is 0 Å². The molecule has 6 heteroatoms. The average Bonchev–Trinajstić information content (AvgIpc) is 2.51.